The van der Waals surface area contributed by atoms with Crippen LogP contribution < -0.4 is 5.32 Å². The molecular formula is C25H28N4O3. The zero-order chi connectivity index (χ0) is 22.5. The molecule has 1 N–H and O–H groups in total. The van der Waals surface area contributed by atoms with E-state index < -0.39 is 0 Å². The highest BCUT2D eigenvalue weighted by Crippen LogP contribution is 2.18. The fourth-order valence-electron chi connectivity index (χ4n) is 4.05. The Morgan fingerprint density at radius 3 is 2.84 bits per heavy atom. The van der Waals surface area contributed by atoms with Crippen LogP contribution in [0.4, 0.5) is 0 Å². The number of amides is 2. The number of furan rings is 1. The summed E-state index contributed by atoms with van der Waals surface area (Å²) >= 11 is 0. The van der Waals surface area contributed by atoms with Crippen LogP contribution in [0.5, 0.6) is 0 Å². The first-order chi connectivity index (χ1) is 15.5. The fraction of sp³-hybridized carbons (Fsp3) is 0.320. The van der Waals surface area contributed by atoms with Crippen LogP contribution in [0.15, 0.2) is 71.6 Å². The van der Waals surface area contributed by atoms with Gasteiger partial charge in [-0.2, -0.15) is 0 Å². The van der Waals surface area contributed by atoms with Crippen LogP contribution in [-0.4, -0.2) is 59.3 Å². The molecule has 0 aliphatic carbocycles. The summed E-state index contributed by atoms with van der Waals surface area (Å²) in [5.74, 6) is -0.142. The third kappa shape index (κ3) is 4.82. The maximum absolute atomic E-state index is 13.2. The van der Waals surface area contributed by atoms with Gasteiger partial charge in [0, 0.05) is 32.1 Å². The van der Waals surface area contributed by atoms with E-state index in [1.807, 2.05) is 48.5 Å². The molecule has 0 saturated carbocycles. The number of benzene rings is 1. The number of likely N-dealkylation sites (N-methyl/N-ethyl adjacent to an activating group) is 2. The largest absolute Gasteiger partial charge is 0.463 e. The zero-order valence-corrected chi connectivity index (χ0v) is 18.4. The number of aromatic nitrogens is 1. The lowest BCUT2D eigenvalue weighted by Gasteiger charge is -2.29. The molecule has 3 aromatic rings. The molecule has 166 valence electrons. The third-order valence-corrected chi connectivity index (χ3v) is 6.01. The molecule has 7 nitrogen and oxygen atoms in total. The molecule has 2 atom stereocenters. The van der Waals surface area contributed by atoms with E-state index in [4.69, 9.17) is 4.42 Å². The average molecular weight is 433 g/mol. The van der Waals surface area contributed by atoms with E-state index in [0.29, 0.717) is 30.7 Å². The van der Waals surface area contributed by atoms with Crippen LogP contribution in [0.25, 0.3) is 11.0 Å². The van der Waals surface area contributed by atoms with E-state index in [1.54, 1.807) is 30.5 Å². The van der Waals surface area contributed by atoms with Crippen molar-refractivity contribution in [2.24, 2.45) is 0 Å². The molecule has 4 rings (SSSR count). The predicted molar refractivity (Wildman–Crippen MR) is 123 cm³/mol. The standard InChI is InChI=1S/C25H28N4O3/c1-28-13-6-9-22(28)24(30)26-12-10-20(15-18-7-4-3-5-8-18)29(2)25(31)21-16-19-11-14-32-23(19)17-27-21/h3-8,11,13-14,16-17,20,22H,9-10,12,15H2,1-2H3,(H,26,30)/t20-,22?/m1/s1. The number of fused-ring (bicyclic) bond motifs is 1. The van der Waals surface area contributed by atoms with Gasteiger partial charge in [-0.15, -0.1) is 0 Å². The van der Waals surface area contributed by atoms with Crippen LogP contribution in [0.3, 0.4) is 0 Å². The quantitative estimate of drug-likeness (QED) is 0.591. The summed E-state index contributed by atoms with van der Waals surface area (Å²) in [6.07, 6.45) is 9.14. The van der Waals surface area contributed by atoms with Crippen LogP contribution in [0.1, 0.15) is 28.9 Å². The summed E-state index contributed by atoms with van der Waals surface area (Å²) in [5, 5.41) is 3.88. The molecule has 3 heterocycles. The minimum Gasteiger partial charge on any atom is -0.463 e. The molecule has 0 fully saturated rings. The number of hydrogen-bond donors (Lipinski definition) is 1. The highest BCUT2D eigenvalue weighted by Gasteiger charge is 2.26. The second-order valence-corrected chi connectivity index (χ2v) is 8.17. The number of carbonyl (C=O) groups is 2. The van der Waals surface area contributed by atoms with Gasteiger partial charge >= 0.3 is 0 Å². The van der Waals surface area contributed by atoms with E-state index in [2.05, 4.69) is 22.4 Å². The van der Waals surface area contributed by atoms with Crippen molar-refractivity contribution < 1.29 is 14.0 Å². The van der Waals surface area contributed by atoms with Crippen LogP contribution in [0.2, 0.25) is 0 Å². The smallest absolute Gasteiger partial charge is 0.272 e. The number of pyridine rings is 1. The molecule has 2 aromatic heterocycles. The van der Waals surface area contributed by atoms with E-state index in [0.717, 1.165) is 17.4 Å². The van der Waals surface area contributed by atoms with Crippen molar-refractivity contribution in [2.75, 3.05) is 20.6 Å². The summed E-state index contributed by atoms with van der Waals surface area (Å²) in [4.78, 5) is 33.7. The summed E-state index contributed by atoms with van der Waals surface area (Å²) < 4.78 is 5.33. The molecular weight excluding hydrogens is 404 g/mol. The van der Waals surface area contributed by atoms with Crippen molar-refractivity contribution in [1.82, 2.24) is 20.1 Å². The van der Waals surface area contributed by atoms with Crippen molar-refractivity contribution in [3.8, 4) is 0 Å². The Morgan fingerprint density at radius 1 is 1.28 bits per heavy atom. The zero-order valence-electron chi connectivity index (χ0n) is 18.4. The SMILES string of the molecule is CN1C=CCC1C(=O)NCC[C@H](Cc1ccccc1)N(C)C(=O)c1cc2ccoc2cn1. The molecule has 0 spiro atoms. The molecule has 1 aliphatic rings. The lowest BCUT2D eigenvalue weighted by Crippen LogP contribution is -2.44. The van der Waals surface area contributed by atoms with Gasteiger partial charge in [-0.25, -0.2) is 4.98 Å². The molecule has 1 aliphatic heterocycles. The van der Waals surface area contributed by atoms with Gasteiger partial charge in [-0.3, -0.25) is 9.59 Å². The van der Waals surface area contributed by atoms with Crippen LogP contribution >= 0.6 is 0 Å². The van der Waals surface area contributed by atoms with Crippen molar-refractivity contribution >= 4 is 22.8 Å². The van der Waals surface area contributed by atoms with E-state index in [9.17, 15) is 9.59 Å². The Hall–Kier alpha value is -3.61. The average Bonchev–Trinajstić information content (AvgIpc) is 3.46. The number of nitrogens with zero attached hydrogens (tertiary/aromatic N) is 3. The van der Waals surface area contributed by atoms with Gasteiger partial charge in [0.1, 0.15) is 11.7 Å². The first-order valence-electron chi connectivity index (χ1n) is 10.8. The van der Waals surface area contributed by atoms with E-state index in [-0.39, 0.29) is 23.9 Å². The monoisotopic (exact) mass is 432 g/mol. The summed E-state index contributed by atoms with van der Waals surface area (Å²) in [6, 6.07) is 13.4. The minimum atomic E-state index is -0.159. The fourth-order valence-corrected chi connectivity index (χ4v) is 4.05. The highest BCUT2D eigenvalue weighted by atomic mass is 16.3. The molecule has 7 heteroatoms. The lowest BCUT2D eigenvalue weighted by molar-refractivity contribution is -0.124. The highest BCUT2D eigenvalue weighted by molar-refractivity contribution is 5.95. The molecule has 0 radical (unpaired) electrons. The minimum absolute atomic E-state index is 0.0111. The molecule has 1 unspecified atom stereocenters. The van der Waals surface area contributed by atoms with Gasteiger partial charge in [0.05, 0.1) is 12.5 Å². The van der Waals surface area contributed by atoms with Gasteiger partial charge in [0.15, 0.2) is 5.58 Å². The van der Waals surface area contributed by atoms with E-state index in [1.165, 1.54) is 0 Å². The first-order valence-corrected chi connectivity index (χ1v) is 10.8. The van der Waals surface area contributed by atoms with Crippen LogP contribution in [0, 0.1) is 0 Å². The molecule has 0 saturated heterocycles. The van der Waals surface area contributed by atoms with Gasteiger partial charge in [0.25, 0.3) is 5.91 Å². The topological polar surface area (TPSA) is 78.7 Å². The van der Waals surface area contributed by atoms with Crippen molar-refractivity contribution in [3.05, 3.63) is 78.5 Å². The number of hydrogen-bond acceptors (Lipinski definition) is 5. The summed E-state index contributed by atoms with van der Waals surface area (Å²) in [5.41, 5.74) is 2.17. The van der Waals surface area contributed by atoms with E-state index >= 15 is 0 Å². The second kappa shape index (κ2) is 9.68. The Bertz CT molecular complexity index is 1110. The Kier molecular flexibility index (Phi) is 6.54. The van der Waals surface area contributed by atoms with Crippen molar-refractivity contribution in [3.63, 3.8) is 0 Å². The maximum Gasteiger partial charge on any atom is 0.272 e. The van der Waals surface area contributed by atoms with Crippen molar-refractivity contribution in [1.29, 1.82) is 0 Å². The van der Waals surface area contributed by atoms with Gasteiger partial charge in [-0.1, -0.05) is 36.4 Å². The Labute approximate surface area is 187 Å². The molecule has 0 bridgehead atoms. The molecule has 2 amide bonds. The Balaban J connectivity index is 1.45. The van der Waals surface area contributed by atoms with Gasteiger partial charge < -0.3 is 19.5 Å². The van der Waals surface area contributed by atoms with Crippen LogP contribution in [-0.2, 0) is 11.2 Å². The predicted octanol–water partition coefficient (Wildman–Crippen LogP) is 3.24. The molecule has 32 heavy (non-hydrogen) atoms. The van der Waals surface area contributed by atoms with Gasteiger partial charge in [0.2, 0.25) is 5.91 Å². The maximum atomic E-state index is 13.2. The van der Waals surface area contributed by atoms with Gasteiger partial charge in [-0.05, 0) is 43.2 Å². The number of nitrogens with one attached hydrogen (secondary N) is 1. The lowest BCUT2D eigenvalue weighted by atomic mass is 10.0. The molecule has 1 aromatic carbocycles. The second-order valence-electron chi connectivity index (χ2n) is 8.17. The number of rotatable bonds is 8. The number of carbonyl (C=O) groups excluding carboxylic acids is 2. The van der Waals surface area contributed by atoms with Crippen molar-refractivity contribution in [2.45, 2.75) is 31.3 Å². The third-order valence-electron chi connectivity index (χ3n) is 6.01. The summed E-state index contributed by atoms with van der Waals surface area (Å²) in [6.45, 7) is 0.493. The Morgan fingerprint density at radius 2 is 2.09 bits per heavy atom. The summed E-state index contributed by atoms with van der Waals surface area (Å²) in [7, 11) is 3.70. The normalized spacial score (nSPS) is 16.3. The first kappa shape index (κ1) is 21.6.